The molecule has 0 spiro atoms. The first-order valence-electron chi connectivity index (χ1n) is 8.48. The molecule has 1 aliphatic rings. The van der Waals surface area contributed by atoms with Gasteiger partial charge in [0.1, 0.15) is 5.70 Å². The van der Waals surface area contributed by atoms with Gasteiger partial charge in [-0.15, -0.1) is 0 Å². The Morgan fingerprint density at radius 2 is 1.81 bits per heavy atom. The van der Waals surface area contributed by atoms with Gasteiger partial charge in [0.05, 0.1) is 5.69 Å². The molecule has 0 radical (unpaired) electrons. The van der Waals surface area contributed by atoms with E-state index in [2.05, 4.69) is 32.8 Å². The average molecular weight is 346 g/mol. The number of anilines is 1. The topological polar surface area (TPSA) is 49.4 Å². The van der Waals surface area contributed by atoms with Gasteiger partial charge in [-0.05, 0) is 34.7 Å². The molecule has 132 valence electrons. The SMILES string of the molecule is C=Cc1ccc2c(c1)=C(C(=O)C=O)N(c1ccc(C(C)(C)C)cc1)NC=2. The van der Waals surface area contributed by atoms with Crippen molar-refractivity contribution in [3.05, 3.63) is 70.6 Å². The number of rotatable bonds is 4. The maximum absolute atomic E-state index is 12.4. The molecule has 0 fully saturated rings. The summed E-state index contributed by atoms with van der Waals surface area (Å²) in [4.78, 5) is 23.7. The van der Waals surface area contributed by atoms with E-state index in [9.17, 15) is 9.59 Å². The van der Waals surface area contributed by atoms with Gasteiger partial charge in [0.25, 0.3) is 0 Å². The van der Waals surface area contributed by atoms with E-state index in [0.29, 0.717) is 17.2 Å². The number of Topliss-reactive ketones (excluding diaryl/α,β-unsaturated/α-hetero) is 1. The summed E-state index contributed by atoms with van der Waals surface area (Å²) in [5, 5.41) is 3.21. The Bertz CT molecular complexity index is 996. The minimum atomic E-state index is -0.576. The van der Waals surface area contributed by atoms with Crippen molar-refractivity contribution in [2.24, 2.45) is 0 Å². The number of hydrazine groups is 1. The summed E-state index contributed by atoms with van der Waals surface area (Å²) in [7, 11) is 0. The Balaban J connectivity index is 2.18. The van der Waals surface area contributed by atoms with Crippen LogP contribution >= 0.6 is 0 Å². The van der Waals surface area contributed by atoms with Gasteiger partial charge in [0, 0.05) is 16.6 Å². The van der Waals surface area contributed by atoms with Gasteiger partial charge in [0.2, 0.25) is 5.78 Å². The molecule has 0 atom stereocenters. The molecule has 0 amide bonds. The Morgan fingerprint density at radius 1 is 1.12 bits per heavy atom. The minimum absolute atomic E-state index is 0.0383. The zero-order valence-electron chi connectivity index (χ0n) is 15.2. The maximum Gasteiger partial charge on any atom is 0.244 e. The normalized spacial score (nSPS) is 13.3. The van der Waals surface area contributed by atoms with Crippen molar-refractivity contribution >= 4 is 35.7 Å². The van der Waals surface area contributed by atoms with E-state index in [-0.39, 0.29) is 5.41 Å². The van der Waals surface area contributed by atoms with E-state index >= 15 is 0 Å². The lowest BCUT2D eigenvalue weighted by Gasteiger charge is -2.29. The first kappa shape index (κ1) is 17.7. The molecule has 4 nitrogen and oxygen atoms in total. The summed E-state index contributed by atoms with van der Waals surface area (Å²) in [6.07, 6.45) is 3.89. The fourth-order valence-electron chi connectivity index (χ4n) is 2.96. The van der Waals surface area contributed by atoms with Crippen LogP contribution in [0.25, 0.3) is 18.0 Å². The van der Waals surface area contributed by atoms with Crippen molar-refractivity contribution in [2.75, 3.05) is 5.01 Å². The largest absolute Gasteiger partial charge is 0.300 e. The number of carbonyl (C=O) groups excluding carboxylic acids is 2. The van der Waals surface area contributed by atoms with Crippen molar-refractivity contribution in [1.29, 1.82) is 0 Å². The van der Waals surface area contributed by atoms with Crippen LogP contribution in [-0.4, -0.2) is 12.1 Å². The molecule has 2 aromatic rings. The molecule has 0 saturated heterocycles. The average Bonchev–Trinajstić information content (AvgIpc) is 2.65. The van der Waals surface area contributed by atoms with E-state index in [0.717, 1.165) is 16.5 Å². The fraction of sp³-hybridized carbons (Fsp3) is 0.182. The first-order chi connectivity index (χ1) is 12.3. The second-order valence-corrected chi connectivity index (χ2v) is 7.29. The molecule has 0 aromatic heterocycles. The molecule has 26 heavy (non-hydrogen) atoms. The lowest BCUT2D eigenvalue weighted by molar-refractivity contribution is -0.126. The zero-order valence-corrected chi connectivity index (χ0v) is 15.2. The van der Waals surface area contributed by atoms with E-state index in [1.165, 1.54) is 5.56 Å². The monoisotopic (exact) mass is 346 g/mol. The van der Waals surface area contributed by atoms with Crippen LogP contribution in [0.2, 0.25) is 0 Å². The zero-order chi connectivity index (χ0) is 18.9. The summed E-state index contributed by atoms with van der Waals surface area (Å²) >= 11 is 0. The van der Waals surface area contributed by atoms with Crippen LogP contribution in [0.1, 0.15) is 31.9 Å². The first-order valence-corrected chi connectivity index (χ1v) is 8.48. The van der Waals surface area contributed by atoms with Gasteiger partial charge in [-0.3, -0.25) is 14.6 Å². The Hall–Kier alpha value is -3.14. The Morgan fingerprint density at radius 3 is 2.38 bits per heavy atom. The summed E-state index contributed by atoms with van der Waals surface area (Å²) in [5.74, 6) is -0.576. The number of fused-ring (bicyclic) bond motifs is 1. The number of hydrogen-bond donors (Lipinski definition) is 1. The quantitative estimate of drug-likeness (QED) is 0.682. The highest BCUT2D eigenvalue weighted by atomic mass is 16.2. The number of carbonyl (C=O) groups is 2. The third-order valence-electron chi connectivity index (χ3n) is 4.47. The fourth-order valence-corrected chi connectivity index (χ4v) is 2.96. The van der Waals surface area contributed by atoms with Crippen molar-refractivity contribution in [2.45, 2.75) is 26.2 Å². The standard InChI is InChI=1S/C22H22N2O2/c1-5-15-6-7-16-13-23-24(21(19(16)12-15)20(26)14-25)18-10-8-17(9-11-18)22(2,3)4/h5-14,23H,1H2,2-4H3. The van der Waals surface area contributed by atoms with E-state index in [1.54, 1.807) is 11.1 Å². The highest BCUT2D eigenvalue weighted by Crippen LogP contribution is 2.26. The molecule has 4 heteroatoms. The molecule has 1 N–H and O–H groups in total. The highest BCUT2D eigenvalue weighted by molar-refractivity contribution is 6.45. The van der Waals surface area contributed by atoms with Crippen LogP contribution < -0.4 is 20.9 Å². The van der Waals surface area contributed by atoms with Crippen LogP contribution in [-0.2, 0) is 15.0 Å². The molecular weight excluding hydrogens is 324 g/mol. The predicted octanol–water partition coefficient (Wildman–Crippen LogP) is 2.27. The minimum Gasteiger partial charge on any atom is -0.300 e. The van der Waals surface area contributed by atoms with Crippen LogP contribution in [0, 0.1) is 0 Å². The molecular formula is C22H22N2O2. The Kier molecular flexibility index (Phi) is 4.51. The van der Waals surface area contributed by atoms with Gasteiger partial charge in [-0.1, -0.05) is 57.7 Å². The van der Waals surface area contributed by atoms with E-state index in [1.807, 2.05) is 48.7 Å². The van der Waals surface area contributed by atoms with Crippen molar-refractivity contribution in [1.82, 2.24) is 5.43 Å². The summed E-state index contributed by atoms with van der Waals surface area (Å²) < 4.78 is 0. The molecule has 0 bridgehead atoms. The van der Waals surface area contributed by atoms with E-state index in [4.69, 9.17) is 0 Å². The number of aldehydes is 1. The number of ketones is 1. The van der Waals surface area contributed by atoms with Gasteiger partial charge in [-0.25, -0.2) is 0 Å². The Labute approximate surface area is 153 Å². The van der Waals surface area contributed by atoms with Crippen LogP contribution in [0.3, 0.4) is 0 Å². The second kappa shape index (κ2) is 6.64. The summed E-state index contributed by atoms with van der Waals surface area (Å²) in [6.45, 7) is 10.2. The molecule has 3 rings (SSSR count). The highest BCUT2D eigenvalue weighted by Gasteiger charge is 2.23. The molecule has 0 aliphatic carbocycles. The van der Waals surface area contributed by atoms with Gasteiger partial charge in [0.15, 0.2) is 6.29 Å². The van der Waals surface area contributed by atoms with Crippen LogP contribution in [0.4, 0.5) is 5.69 Å². The van der Waals surface area contributed by atoms with Crippen LogP contribution in [0.5, 0.6) is 0 Å². The summed E-state index contributed by atoms with van der Waals surface area (Å²) in [6, 6.07) is 13.7. The third kappa shape index (κ3) is 3.18. The van der Waals surface area contributed by atoms with Crippen molar-refractivity contribution < 1.29 is 9.59 Å². The summed E-state index contributed by atoms with van der Waals surface area (Å²) in [5.41, 5.74) is 6.33. The van der Waals surface area contributed by atoms with Gasteiger partial charge >= 0.3 is 0 Å². The molecule has 2 aromatic carbocycles. The van der Waals surface area contributed by atoms with Gasteiger partial charge < -0.3 is 5.43 Å². The van der Waals surface area contributed by atoms with Gasteiger partial charge in [-0.2, -0.15) is 0 Å². The second-order valence-electron chi connectivity index (χ2n) is 7.29. The lowest BCUT2D eigenvalue weighted by Crippen LogP contribution is -2.49. The number of hydrogen-bond acceptors (Lipinski definition) is 4. The van der Waals surface area contributed by atoms with Crippen molar-refractivity contribution in [3.63, 3.8) is 0 Å². The lowest BCUT2D eigenvalue weighted by atomic mass is 9.87. The number of nitrogens with zero attached hydrogens (tertiary/aromatic N) is 1. The molecule has 1 aliphatic heterocycles. The molecule has 0 saturated carbocycles. The van der Waals surface area contributed by atoms with E-state index < -0.39 is 5.78 Å². The third-order valence-corrected chi connectivity index (χ3v) is 4.47. The predicted molar refractivity (Wildman–Crippen MR) is 105 cm³/mol. The van der Waals surface area contributed by atoms with Crippen molar-refractivity contribution in [3.8, 4) is 0 Å². The van der Waals surface area contributed by atoms with Crippen LogP contribution in [0.15, 0.2) is 49.0 Å². The number of benzene rings is 2. The maximum atomic E-state index is 12.4. The number of nitrogens with one attached hydrogen (secondary N) is 1. The molecule has 1 heterocycles. The smallest absolute Gasteiger partial charge is 0.244 e. The molecule has 0 unspecified atom stereocenters.